The predicted molar refractivity (Wildman–Crippen MR) is 310 cm³/mol. The number of hydrogen-bond acceptors (Lipinski definition) is 18. The summed E-state index contributed by atoms with van der Waals surface area (Å²) in [5.41, 5.74) is 1.10. The van der Waals surface area contributed by atoms with Crippen molar-refractivity contribution in [3.8, 4) is 28.7 Å². The van der Waals surface area contributed by atoms with Crippen molar-refractivity contribution in [1.82, 2.24) is 29.4 Å². The fourth-order valence-electron chi connectivity index (χ4n) is 9.95. The fraction of sp³-hybridized carbons (Fsp3) is 0.361. The van der Waals surface area contributed by atoms with Crippen molar-refractivity contribution in [2.45, 2.75) is 6.92 Å². The molecule has 18 nitrogen and oxygen atoms in total. The van der Waals surface area contributed by atoms with Crippen molar-refractivity contribution in [2.24, 2.45) is 0 Å². The molecule has 6 heterocycles. The number of benzene rings is 6. The summed E-state index contributed by atoms with van der Waals surface area (Å²) in [5.74, 6) is 1.54. The zero-order valence-corrected chi connectivity index (χ0v) is 45.4. The lowest BCUT2D eigenvalue weighted by Crippen LogP contribution is -2.45. The van der Waals surface area contributed by atoms with Gasteiger partial charge in [0.1, 0.15) is 58.7 Å². The van der Waals surface area contributed by atoms with E-state index < -0.39 is 16.9 Å². The molecular weight excluding hydrogens is 1010 g/mol. The maximum absolute atomic E-state index is 12.3. The van der Waals surface area contributed by atoms with Crippen LogP contribution in [0.1, 0.15) is 5.56 Å². The first-order chi connectivity index (χ1) is 38.2. The normalized spacial score (nSPS) is 16.1. The van der Waals surface area contributed by atoms with Gasteiger partial charge in [0.15, 0.2) is 0 Å². The molecule has 0 unspecified atom stereocenters. The lowest BCUT2D eigenvalue weighted by molar-refractivity contribution is 0.128. The lowest BCUT2D eigenvalue weighted by atomic mass is 10.1. The molecule has 0 atom stereocenters. The Hall–Kier alpha value is -7.55. The Morgan fingerprint density at radius 1 is 0.392 bits per heavy atom. The molecule has 0 amide bonds. The molecule has 18 heteroatoms. The van der Waals surface area contributed by atoms with Crippen LogP contribution in [0.3, 0.4) is 0 Å². The van der Waals surface area contributed by atoms with E-state index in [2.05, 4.69) is 50.5 Å². The van der Waals surface area contributed by atoms with Gasteiger partial charge in [0.25, 0.3) is 0 Å². The van der Waals surface area contributed by atoms with Crippen LogP contribution in [0, 0.1) is 6.92 Å². The van der Waals surface area contributed by atoms with Gasteiger partial charge in [-0.15, -0.1) is 0 Å². The Labute approximate surface area is 457 Å². The van der Waals surface area contributed by atoms with E-state index in [1.54, 1.807) is 48.5 Å². The van der Waals surface area contributed by atoms with E-state index in [9.17, 15) is 29.7 Å². The molecule has 3 aliphatic rings. The first kappa shape index (κ1) is 56.2. The Morgan fingerprint density at radius 2 is 0.722 bits per heavy atom. The Kier molecular flexibility index (Phi) is 18.4. The fourth-order valence-corrected chi connectivity index (χ4v) is 9.95. The number of ether oxygens (including phenoxy) is 2. The number of aliphatic hydroxyl groups is 1. The predicted octanol–water partition coefficient (Wildman–Crippen LogP) is 6.74. The smallest absolute Gasteiger partial charge is 0.344 e. The molecule has 3 aliphatic heterocycles. The van der Waals surface area contributed by atoms with E-state index in [0.29, 0.717) is 64.2 Å². The summed E-state index contributed by atoms with van der Waals surface area (Å²) >= 11 is 0. The van der Waals surface area contributed by atoms with Gasteiger partial charge >= 0.3 is 16.9 Å². The quantitative estimate of drug-likeness (QED) is 0.0825. The second-order valence-electron chi connectivity index (χ2n) is 20.5. The number of phenols is 3. The van der Waals surface area contributed by atoms with Crippen LogP contribution in [0.4, 0.5) is 0 Å². The maximum atomic E-state index is 12.3. The third-order valence-corrected chi connectivity index (χ3v) is 14.7. The highest BCUT2D eigenvalue weighted by Crippen LogP contribution is 2.30. The van der Waals surface area contributed by atoms with E-state index in [4.69, 9.17) is 27.8 Å². The topological polar surface area (TPSA) is 209 Å². The van der Waals surface area contributed by atoms with Crippen LogP contribution in [0.5, 0.6) is 28.7 Å². The van der Waals surface area contributed by atoms with Crippen molar-refractivity contribution in [1.29, 1.82) is 0 Å². The minimum Gasteiger partial charge on any atom is -0.508 e. The van der Waals surface area contributed by atoms with E-state index in [-0.39, 0.29) is 17.2 Å². The molecule has 0 aliphatic carbocycles. The van der Waals surface area contributed by atoms with E-state index >= 15 is 0 Å². The SMILES string of the molecule is CN1CCN(CCO)CC1.CN1CCN(CCOc2ccc3c(c2)c(=O)oc2cc(O)ccc23)CC1.CN1CCN(CCOc2ccc3c(c2)c(=O)oc2cc(O)ccc23)CC1.Cc1ccc2c(c1)oc(=O)c1cc(O)ccc12. The van der Waals surface area contributed by atoms with Crippen LogP contribution in [0.15, 0.2) is 137 Å². The molecule has 0 radical (unpaired) electrons. The highest BCUT2D eigenvalue weighted by atomic mass is 16.5. The number of piperazine rings is 3. The average molecular weight is 1080 g/mol. The van der Waals surface area contributed by atoms with Crippen molar-refractivity contribution < 1.29 is 43.2 Å². The van der Waals surface area contributed by atoms with Crippen LogP contribution >= 0.6 is 0 Å². The number of rotatable bonds is 10. The number of likely N-dealkylation sites (N-methyl/N-ethyl adjacent to an activating group) is 3. The summed E-state index contributed by atoms with van der Waals surface area (Å²) in [4.78, 5) is 50.4. The summed E-state index contributed by atoms with van der Waals surface area (Å²) < 4.78 is 27.6. The van der Waals surface area contributed by atoms with Crippen molar-refractivity contribution in [3.63, 3.8) is 0 Å². The monoisotopic (exact) mass is 1080 g/mol. The highest BCUT2D eigenvalue weighted by molar-refractivity contribution is 6.06. The van der Waals surface area contributed by atoms with Gasteiger partial charge in [-0.25, -0.2) is 14.4 Å². The molecule has 3 fully saturated rings. The van der Waals surface area contributed by atoms with E-state index in [1.165, 1.54) is 18.2 Å². The maximum Gasteiger partial charge on any atom is 0.344 e. The van der Waals surface area contributed by atoms with Gasteiger partial charge in [-0.3, -0.25) is 14.7 Å². The largest absolute Gasteiger partial charge is 0.508 e. The number of fused-ring (bicyclic) bond motifs is 9. The van der Waals surface area contributed by atoms with Crippen molar-refractivity contribution in [2.75, 3.05) is 139 Å². The van der Waals surface area contributed by atoms with Crippen molar-refractivity contribution >= 4 is 65.2 Å². The summed E-state index contributed by atoms with van der Waals surface area (Å²) in [6.45, 7) is 19.0. The molecule has 0 saturated carbocycles. The minimum absolute atomic E-state index is 0.0660. The zero-order valence-electron chi connectivity index (χ0n) is 45.4. The van der Waals surface area contributed by atoms with Crippen molar-refractivity contribution in [3.05, 3.63) is 146 Å². The van der Waals surface area contributed by atoms with Crippen LogP contribution in [0.2, 0.25) is 0 Å². The lowest BCUT2D eigenvalue weighted by Gasteiger charge is -2.32. The summed E-state index contributed by atoms with van der Waals surface area (Å²) in [6, 6.07) is 31.0. The number of aromatic hydroxyl groups is 3. The minimum atomic E-state index is -0.428. The summed E-state index contributed by atoms with van der Waals surface area (Å²) in [7, 11) is 6.41. The van der Waals surface area contributed by atoms with Gasteiger partial charge in [-0.05, 0) is 119 Å². The molecule has 79 heavy (non-hydrogen) atoms. The van der Waals surface area contributed by atoms with Gasteiger partial charge in [-0.1, -0.05) is 12.1 Å². The number of aryl methyl sites for hydroxylation is 1. The molecule has 0 spiro atoms. The molecule has 6 aromatic carbocycles. The van der Waals surface area contributed by atoms with Crippen LogP contribution < -0.4 is 26.4 Å². The van der Waals surface area contributed by atoms with Gasteiger partial charge in [-0.2, -0.15) is 0 Å². The van der Waals surface area contributed by atoms with Gasteiger partial charge in [0.05, 0.1) is 22.8 Å². The summed E-state index contributed by atoms with van der Waals surface area (Å²) in [6.07, 6.45) is 0. The molecule has 416 valence electrons. The molecule has 0 bridgehead atoms. The number of phenolic OH excluding ortho intramolecular Hbond substituents is 3. The number of aliphatic hydroxyl groups excluding tert-OH is 1. The van der Waals surface area contributed by atoms with Gasteiger partial charge in [0.2, 0.25) is 0 Å². The van der Waals surface area contributed by atoms with Crippen LogP contribution in [0.25, 0.3) is 65.2 Å². The number of hydrogen-bond donors (Lipinski definition) is 4. The molecule has 3 aromatic heterocycles. The molecule has 3 saturated heterocycles. The van der Waals surface area contributed by atoms with Crippen LogP contribution in [-0.4, -0.2) is 189 Å². The average Bonchev–Trinajstić information content (AvgIpc) is 3.57. The third kappa shape index (κ3) is 14.4. The standard InChI is InChI=1S/2C20H22N2O4.C14H10O3.C7H16N2O/c2*1-21-6-8-22(9-7-21)10-11-25-15-3-5-16-17-4-2-14(23)12-19(17)26-20(24)18(16)13-15;1-8-2-4-11-10-5-3-9(15)7-12(10)14(16)17-13(11)6-8;1-8-2-4-9(5-3-8)6-7-10/h2*2-5,12-13,23H,6-11H2,1H3;2-7,15H,1H3;10H,2-7H2,1H3. The molecule has 12 rings (SSSR count). The van der Waals surface area contributed by atoms with E-state index in [1.807, 2.05) is 49.4 Å². The summed E-state index contributed by atoms with van der Waals surface area (Å²) in [5, 5.41) is 43.4. The number of β-amino-alcohol motifs (C(OH)–C–C–N with tert-alkyl or cyclic N) is 1. The van der Waals surface area contributed by atoms with Gasteiger partial charge in [0, 0.05) is 143 Å². The van der Waals surface area contributed by atoms with E-state index in [0.717, 1.165) is 136 Å². The Morgan fingerprint density at radius 3 is 1.13 bits per heavy atom. The van der Waals surface area contributed by atoms with Gasteiger partial charge < -0.3 is 57.9 Å². The second kappa shape index (κ2) is 25.9. The second-order valence-corrected chi connectivity index (χ2v) is 20.5. The first-order valence-electron chi connectivity index (χ1n) is 26.8. The Bertz CT molecular complexity index is 3560. The molecular formula is C61H70N6O12. The zero-order chi connectivity index (χ0) is 55.6. The molecule has 9 aromatic rings. The van der Waals surface area contributed by atoms with Crippen LogP contribution in [-0.2, 0) is 0 Å². The third-order valence-electron chi connectivity index (χ3n) is 14.7. The number of nitrogens with zero attached hydrogens (tertiary/aromatic N) is 6. The highest BCUT2D eigenvalue weighted by Gasteiger charge is 2.17. The first-order valence-corrected chi connectivity index (χ1v) is 26.8. The Balaban J connectivity index is 0.000000134. The molecule has 4 N–H and O–H groups in total.